The molecule has 0 saturated heterocycles. The zero-order valence-electron chi connectivity index (χ0n) is 6.21. The first-order valence-electron chi connectivity index (χ1n) is 2.13. The van der Waals surface area contributed by atoms with Gasteiger partial charge in [0, 0.05) is 11.8 Å². The molecule has 0 bridgehead atoms. The standard InChI is InChI=1S/C3H3Cl2N3O.Na.H/c4-2-6-1-7-3(9)8(2)5;;/h1-2H,(H,6,7,9);;/q;+1;-1. The van der Waals surface area contributed by atoms with Gasteiger partial charge >= 0.3 is 35.6 Å². The van der Waals surface area contributed by atoms with E-state index in [-0.39, 0.29) is 31.0 Å². The van der Waals surface area contributed by atoms with E-state index < -0.39 is 11.7 Å². The molecule has 0 fully saturated rings. The van der Waals surface area contributed by atoms with Gasteiger partial charge in [-0.05, 0) is 0 Å². The van der Waals surface area contributed by atoms with Gasteiger partial charge in [-0.1, -0.05) is 11.6 Å². The Hall–Kier alpha value is 0.520. The summed E-state index contributed by atoms with van der Waals surface area (Å²) in [5, 5.41) is 2.24. The third kappa shape index (κ3) is 2.29. The molecule has 0 radical (unpaired) electrons. The van der Waals surface area contributed by atoms with Gasteiger partial charge in [-0.2, -0.15) is 4.42 Å². The molecular weight excluding hydrogens is 188 g/mol. The van der Waals surface area contributed by atoms with E-state index in [2.05, 4.69) is 10.3 Å². The number of nitrogens with zero attached hydrogens (tertiary/aromatic N) is 2. The summed E-state index contributed by atoms with van der Waals surface area (Å²) in [4.78, 5) is 14.1. The van der Waals surface area contributed by atoms with E-state index in [0.717, 1.165) is 4.42 Å². The van der Waals surface area contributed by atoms with Crippen LogP contribution in [-0.2, 0) is 0 Å². The number of carbonyl (C=O) groups excluding carboxylic acids is 1. The van der Waals surface area contributed by atoms with Gasteiger partial charge in [0.1, 0.15) is 0 Å². The first-order chi connectivity index (χ1) is 4.22. The van der Waals surface area contributed by atoms with Crippen LogP contribution in [-0.4, -0.2) is 22.4 Å². The number of amides is 2. The largest absolute Gasteiger partial charge is 1.00 e. The van der Waals surface area contributed by atoms with E-state index in [1.54, 1.807) is 0 Å². The van der Waals surface area contributed by atoms with Gasteiger partial charge in [0.25, 0.3) is 0 Å². The van der Waals surface area contributed by atoms with Gasteiger partial charge in [-0.3, -0.25) is 5.32 Å². The molecule has 0 aliphatic carbocycles. The van der Waals surface area contributed by atoms with Gasteiger partial charge in [0.15, 0.2) is 0 Å². The summed E-state index contributed by atoms with van der Waals surface area (Å²) in [5.41, 5.74) is -0.791. The van der Waals surface area contributed by atoms with Crippen LogP contribution in [0.3, 0.4) is 0 Å². The zero-order valence-corrected chi connectivity index (χ0v) is 8.73. The molecule has 52 valence electrons. The molecule has 1 heterocycles. The molecule has 1 atom stereocenters. The fourth-order valence-corrected chi connectivity index (χ4v) is 0.615. The average Bonchev–Trinajstić information content (AvgIpc) is 1.83. The van der Waals surface area contributed by atoms with Crippen LogP contribution < -0.4 is 34.9 Å². The van der Waals surface area contributed by atoms with Crippen molar-refractivity contribution in [2.45, 2.75) is 5.62 Å². The van der Waals surface area contributed by atoms with Crippen molar-refractivity contribution in [3.63, 3.8) is 0 Å². The van der Waals surface area contributed by atoms with Crippen molar-refractivity contribution in [3.05, 3.63) is 0 Å². The molecule has 10 heavy (non-hydrogen) atoms. The number of hydrogen-bond acceptors (Lipinski definition) is 2. The normalized spacial score (nSPS) is 23.6. The van der Waals surface area contributed by atoms with Gasteiger partial charge in [-0.25, -0.2) is 9.79 Å². The second-order valence-corrected chi connectivity index (χ2v) is 2.10. The Balaban J connectivity index is 0. The molecule has 0 aromatic carbocycles. The Labute approximate surface area is 91.4 Å². The number of rotatable bonds is 0. The number of urea groups is 1. The molecule has 1 aliphatic heterocycles. The summed E-state index contributed by atoms with van der Waals surface area (Å²) in [6.07, 6.45) is 1.21. The van der Waals surface area contributed by atoms with E-state index in [1.165, 1.54) is 6.34 Å². The van der Waals surface area contributed by atoms with Crippen LogP contribution in [0.15, 0.2) is 4.99 Å². The predicted octanol–water partition coefficient (Wildman–Crippen LogP) is -2.17. The van der Waals surface area contributed by atoms with Crippen molar-refractivity contribution >= 4 is 35.7 Å². The molecule has 1 N–H and O–H groups in total. The van der Waals surface area contributed by atoms with Crippen molar-refractivity contribution in [2.75, 3.05) is 0 Å². The van der Waals surface area contributed by atoms with Crippen molar-refractivity contribution in [1.29, 1.82) is 0 Å². The minimum Gasteiger partial charge on any atom is -1.00 e. The van der Waals surface area contributed by atoms with Crippen molar-refractivity contribution in [2.24, 2.45) is 4.99 Å². The number of carbonyl (C=O) groups is 1. The maximum Gasteiger partial charge on any atom is 1.00 e. The Bertz CT molecular complexity index is 169. The molecule has 1 unspecified atom stereocenters. The first kappa shape index (κ1) is 10.5. The van der Waals surface area contributed by atoms with Crippen LogP contribution in [0, 0.1) is 0 Å². The van der Waals surface area contributed by atoms with Crippen LogP contribution >= 0.6 is 23.4 Å². The number of alkyl halides is 1. The average molecular weight is 192 g/mol. The van der Waals surface area contributed by atoms with Crippen LogP contribution in [0.25, 0.3) is 0 Å². The maximum atomic E-state index is 10.5. The molecular formula is C3H4Cl2N3NaO. The predicted molar refractivity (Wildman–Crippen MR) is 35.5 cm³/mol. The smallest absolute Gasteiger partial charge is 1.00 e. The molecule has 4 nitrogen and oxygen atoms in total. The molecule has 7 heteroatoms. The summed E-state index contributed by atoms with van der Waals surface area (Å²) in [5.74, 6) is 0. The summed E-state index contributed by atoms with van der Waals surface area (Å²) >= 11 is 10.7. The minimum absolute atomic E-state index is 0. The fraction of sp³-hybridized carbons (Fsp3) is 0.333. The van der Waals surface area contributed by atoms with Gasteiger partial charge in [-0.15, -0.1) is 0 Å². The number of hydrogen-bond donors (Lipinski definition) is 1. The van der Waals surface area contributed by atoms with E-state index in [0.29, 0.717) is 0 Å². The molecule has 0 saturated carbocycles. The zero-order chi connectivity index (χ0) is 6.85. The summed E-state index contributed by atoms with van der Waals surface area (Å²) in [6.45, 7) is 0. The van der Waals surface area contributed by atoms with Crippen LogP contribution in [0.2, 0.25) is 0 Å². The van der Waals surface area contributed by atoms with Crippen molar-refractivity contribution < 1.29 is 35.8 Å². The second-order valence-electron chi connectivity index (χ2n) is 1.35. The molecule has 0 spiro atoms. The van der Waals surface area contributed by atoms with Crippen LogP contribution in [0.4, 0.5) is 4.79 Å². The second kappa shape index (κ2) is 4.41. The quantitative estimate of drug-likeness (QED) is 0.202. The van der Waals surface area contributed by atoms with Crippen molar-refractivity contribution in [1.82, 2.24) is 9.74 Å². The van der Waals surface area contributed by atoms with Gasteiger partial charge < -0.3 is 1.43 Å². The summed E-state index contributed by atoms with van der Waals surface area (Å²) in [6, 6.07) is -0.466. The summed E-state index contributed by atoms with van der Waals surface area (Å²) < 4.78 is 0.765. The maximum absolute atomic E-state index is 10.5. The van der Waals surface area contributed by atoms with Crippen LogP contribution in [0.1, 0.15) is 1.43 Å². The van der Waals surface area contributed by atoms with E-state index in [1.807, 2.05) is 0 Å². The Morgan fingerprint density at radius 3 is 2.90 bits per heavy atom. The monoisotopic (exact) mass is 191 g/mol. The van der Waals surface area contributed by atoms with Gasteiger partial charge in [0.05, 0.1) is 6.34 Å². The molecule has 0 aromatic rings. The SMILES string of the molecule is O=C1NC=NC(Cl)N1Cl.[H-].[Na+]. The Morgan fingerprint density at radius 1 is 1.90 bits per heavy atom. The third-order valence-electron chi connectivity index (χ3n) is 0.767. The van der Waals surface area contributed by atoms with Gasteiger partial charge in [0.2, 0.25) is 5.62 Å². The molecule has 0 aromatic heterocycles. The van der Waals surface area contributed by atoms with E-state index in [4.69, 9.17) is 23.4 Å². The van der Waals surface area contributed by atoms with E-state index >= 15 is 0 Å². The fourth-order valence-electron chi connectivity index (χ4n) is 0.371. The molecule has 2 amide bonds. The first-order valence-corrected chi connectivity index (χ1v) is 2.90. The summed E-state index contributed by atoms with van der Waals surface area (Å²) in [7, 11) is 0. The van der Waals surface area contributed by atoms with E-state index in [9.17, 15) is 4.79 Å². The Kier molecular flexibility index (Phi) is 4.64. The molecule has 1 rings (SSSR count). The number of halogens is 2. The van der Waals surface area contributed by atoms with Crippen LogP contribution in [0.5, 0.6) is 0 Å². The number of nitrogens with one attached hydrogen (secondary N) is 1. The van der Waals surface area contributed by atoms with Crippen molar-refractivity contribution in [3.8, 4) is 0 Å². The third-order valence-corrected chi connectivity index (χ3v) is 1.51. The Morgan fingerprint density at radius 2 is 2.50 bits per heavy atom. The topological polar surface area (TPSA) is 44.7 Å². The minimum atomic E-state index is -0.791. The molecule has 1 aliphatic rings. The number of aliphatic imine (C=N–C) groups is 1.